The van der Waals surface area contributed by atoms with Crippen molar-refractivity contribution >= 4 is 23.6 Å². The van der Waals surface area contributed by atoms with Crippen molar-refractivity contribution in [1.29, 1.82) is 0 Å². The molecule has 0 unspecified atom stereocenters. The molecule has 2 heterocycles. The van der Waals surface area contributed by atoms with E-state index < -0.39 is 0 Å². The first-order valence-electron chi connectivity index (χ1n) is 8.07. The highest BCUT2D eigenvalue weighted by molar-refractivity contribution is 6.29. The average Bonchev–Trinajstić information content (AvgIpc) is 2.63. The number of amides is 1. The second-order valence-corrected chi connectivity index (χ2v) is 6.16. The van der Waals surface area contributed by atoms with Gasteiger partial charge in [0.05, 0.1) is 5.56 Å². The maximum atomic E-state index is 12.4. The molecule has 1 aliphatic heterocycles. The molecule has 0 N–H and O–H groups in total. The van der Waals surface area contributed by atoms with Crippen LogP contribution in [0.15, 0.2) is 54.7 Å². The van der Waals surface area contributed by atoms with Crippen LogP contribution >= 0.6 is 11.6 Å². The summed E-state index contributed by atoms with van der Waals surface area (Å²) < 4.78 is 0. The van der Waals surface area contributed by atoms with E-state index in [-0.39, 0.29) is 5.91 Å². The van der Waals surface area contributed by atoms with Crippen LogP contribution in [0.3, 0.4) is 0 Å². The summed E-state index contributed by atoms with van der Waals surface area (Å²) in [4.78, 5) is 20.6. The van der Waals surface area contributed by atoms with Crippen molar-refractivity contribution in [3.63, 3.8) is 0 Å². The fraction of sp³-hybridized carbons (Fsp3) is 0.263. The molecular formula is C19H20ClN3O. The average molecular weight is 342 g/mol. The Morgan fingerprint density at radius 2 is 1.83 bits per heavy atom. The molecule has 5 heteroatoms. The molecule has 0 radical (unpaired) electrons. The van der Waals surface area contributed by atoms with Crippen LogP contribution in [0.4, 0.5) is 0 Å². The van der Waals surface area contributed by atoms with Crippen molar-refractivity contribution in [2.24, 2.45) is 0 Å². The van der Waals surface area contributed by atoms with Crippen LogP contribution < -0.4 is 0 Å². The summed E-state index contributed by atoms with van der Waals surface area (Å²) in [5, 5.41) is 0.404. The normalized spacial score (nSPS) is 15.8. The summed E-state index contributed by atoms with van der Waals surface area (Å²) in [5.74, 6) is 0.0265. The van der Waals surface area contributed by atoms with Gasteiger partial charge in [-0.15, -0.1) is 0 Å². The third kappa shape index (κ3) is 4.43. The molecule has 24 heavy (non-hydrogen) atoms. The highest BCUT2D eigenvalue weighted by Crippen LogP contribution is 2.11. The first-order chi connectivity index (χ1) is 11.7. The molecule has 3 rings (SSSR count). The number of nitrogens with zero attached hydrogens (tertiary/aromatic N) is 3. The zero-order valence-corrected chi connectivity index (χ0v) is 14.2. The van der Waals surface area contributed by atoms with Crippen molar-refractivity contribution in [2.45, 2.75) is 0 Å². The van der Waals surface area contributed by atoms with Crippen LogP contribution in [0.2, 0.25) is 5.15 Å². The molecule has 0 saturated carbocycles. The van der Waals surface area contributed by atoms with Crippen LogP contribution in [0.1, 0.15) is 15.9 Å². The molecule has 1 aliphatic rings. The quantitative estimate of drug-likeness (QED) is 0.801. The number of hydrogen-bond donors (Lipinski definition) is 0. The highest BCUT2D eigenvalue weighted by Gasteiger charge is 2.21. The van der Waals surface area contributed by atoms with Crippen LogP contribution in [0.25, 0.3) is 6.08 Å². The maximum Gasteiger partial charge on any atom is 0.255 e. The van der Waals surface area contributed by atoms with Gasteiger partial charge < -0.3 is 4.90 Å². The van der Waals surface area contributed by atoms with Gasteiger partial charge in [-0.1, -0.05) is 54.1 Å². The van der Waals surface area contributed by atoms with E-state index in [2.05, 4.69) is 34.2 Å². The molecule has 124 valence electrons. The first-order valence-corrected chi connectivity index (χ1v) is 8.45. The summed E-state index contributed by atoms with van der Waals surface area (Å²) >= 11 is 5.76. The topological polar surface area (TPSA) is 36.4 Å². The zero-order valence-electron chi connectivity index (χ0n) is 13.4. The van der Waals surface area contributed by atoms with E-state index in [0.717, 1.165) is 32.7 Å². The summed E-state index contributed by atoms with van der Waals surface area (Å²) in [6.45, 7) is 4.14. The molecule has 1 fully saturated rings. The summed E-state index contributed by atoms with van der Waals surface area (Å²) in [5.41, 5.74) is 1.80. The molecule has 0 atom stereocenters. The fourth-order valence-electron chi connectivity index (χ4n) is 2.72. The van der Waals surface area contributed by atoms with Crippen LogP contribution in [-0.4, -0.2) is 53.4 Å². The largest absolute Gasteiger partial charge is 0.336 e. The van der Waals surface area contributed by atoms with Gasteiger partial charge in [-0.3, -0.25) is 9.69 Å². The minimum Gasteiger partial charge on any atom is -0.336 e. The predicted octanol–water partition coefficient (Wildman–Crippen LogP) is 3.21. The number of aromatic nitrogens is 1. The Labute approximate surface area is 147 Å². The Morgan fingerprint density at radius 3 is 2.50 bits per heavy atom. The molecule has 0 aliphatic carbocycles. The molecule has 1 saturated heterocycles. The zero-order chi connectivity index (χ0) is 16.8. The van der Waals surface area contributed by atoms with E-state index in [0.29, 0.717) is 10.7 Å². The van der Waals surface area contributed by atoms with Gasteiger partial charge in [0, 0.05) is 38.9 Å². The molecule has 0 bridgehead atoms. The number of carbonyl (C=O) groups is 1. The highest BCUT2D eigenvalue weighted by atomic mass is 35.5. The minimum absolute atomic E-state index is 0.0265. The number of carbonyl (C=O) groups excluding carboxylic acids is 1. The van der Waals surface area contributed by atoms with E-state index in [1.807, 2.05) is 23.1 Å². The lowest BCUT2D eigenvalue weighted by molar-refractivity contribution is 0.0650. The van der Waals surface area contributed by atoms with Crippen molar-refractivity contribution in [2.75, 3.05) is 32.7 Å². The van der Waals surface area contributed by atoms with E-state index in [4.69, 9.17) is 11.6 Å². The summed E-state index contributed by atoms with van der Waals surface area (Å²) in [6, 6.07) is 13.7. The monoisotopic (exact) mass is 341 g/mol. The number of halogens is 1. The third-order valence-electron chi connectivity index (χ3n) is 4.11. The lowest BCUT2D eigenvalue weighted by atomic mass is 10.2. The van der Waals surface area contributed by atoms with Gasteiger partial charge in [0.2, 0.25) is 0 Å². The van der Waals surface area contributed by atoms with E-state index >= 15 is 0 Å². The molecule has 4 nitrogen and oxygen atoms in total. The Balaban J connectivity index is 1.48. The van der Waals surface area contributed by atoms with Crippen LogP contribution in [-0.2, 0) is 0 Å². The molecule has 0 spiro atoms. The Kier molecular flexibility index (Phi) is 5.62. The second-order valence-electron chi connectivity index (χ2n) is 5.78. The van der Waals surface area contributed by atoms with Crippen molar-refractivity contribution in [3.8, 4) is 0 Å². The molecule has 2 aromatic rings. The minimum atomic E-state index is 0.0265. The van der Waals surface area contributed by atoms with E-state index in [1.165, 1.54) is 5.56 Å². The fourth-order valence-corrected chi connectivity index (χ4v) is 2.83. The molecule has 1 aromatic carbocycles. The van der Waals surface area contributed by atoms with Crippen LogP contribution in [0.5, 0.6) is 0 Å². The standard InChI is InChI=1S/C19H20ClN3O/c20-18-9-8-17(15-21-18)19(24)23-13-11-22(12-14-23)10-4-7-16-5-2-1-3-6-16/h1-9,15H,10-14H2/b7-4+. The number of pyridine rings is 1. The summed E-state index contributed by atoms with van der Waals surface area (Å²) in [6.07, 6.45) is 5.85. The van der Waals surface area contributed by atoms with Gasteiger partial charge in [0.25, 0.3) is 5.91 Å². The molecular weight excluding hydrogens is 322 g/mol. The smallest absolute Gasteiger partial charge is 0.255 e. The number of rotatable bonds is 4. The summed E-state index contributed by atoms with van der Waals surface area (Å²) in [7, 11) is 0. The first kappa shape index (κ1) is 16.7. The Morgan fingerprint density at radius 1 is 1.08 bits per heavy atom. The van der Waals surface area contributed by atoms with Crippen molar-refractivity contribution in [1.82, 2.24) is 14.8 Å². The molecule has 1 amide bonds. The van der Waals surface area contributed by atoms with Gasteiger partial charge in [0.1, 0.15) is 5.15 Å². The number of benzene rings is 1. The number of hydrogen-bond acceptors (Lipinski definition) is 3. The van der Waals surface area contributed by atoms with Gasteiger partial charge in [-0.25, -0.2) is 4.98 Å². The van der Waals surface area contributed by atoms with Crippen molar-refractivity contribution in [3.05, 3.63) is 71.0 Å². The van der Waals surface area contributed by atoms with E-state index in [9.17, 15) is 4.79 Å². The lowest BCUT2D eigenvalue weighted by Crippen LogP contribution is -2.48. The van der Waals surface area contributed by atoms with Gasteiger partial charge >= 0.3 is 0 Å². The Hall–Kier alpha value is -2.17. The van der Waals surface area contributed by atoms with E-state index in [1.54, 1.807) is 18.3 Å². The van der Waals surface area contributed by atoms with Gasteiger partial charge in [0.15, 0.2) is 0 Å². The predicted molar refractivity (Wildman–Crippen MR) is 97.1 cm³/mol. The number of piperazine rings is 1. The third-order valence-corrected chi connectivity index (χ3v) is 4.33. The van der Waals surface area contributed by atoms with Gasteiger partial charge in [-0.05, 0) is 17.7 Å². The van der Waals surface area contributed by atoms with Crippen LogP contribution in [0, 0.1) is 0 Å². The van der Waals surface area contributed by atoms with Crippen molar-refractivity contribution < 1.29 is 4.79 Å². The van der Waals surface area contributed by atoms with Gasteiger partial charge in [-0.2, -0.15) is 0 Å². The lowest BCUT2D eigenvalue weighted by Gasteiger charge is -2.34. The second kappa shape index (κ2) is 8.08. The SMILES string of the molecule is O=C(c1ccc(Cl)nc1)N1CCN(C/C=C/c2ccccc2)CC1. The Bertz CT molecular complexity index is 692. The maximum absolute atomic E-state index is 12.4. The molecule has 1 aromatic heterocycles.